The molecule has 0 radical (unpaired) electrons. The Bertz CT molecular complexity index is 697. The van der Waals surface area contributed by atoms with Gasteiger partial charge in [0.15, 0.2) is 0 Å². The van der Waals surface area contributed by atoms with E-state index in [9.17, 15) is 14.4 Å². The number of carbonyl (C=O) groups is 3. The van der Waals surface area contributed by atoms with Crippen molar-refractivity contribution in [1.29, 1.82) is 0 Å². The zero-order chi connectivity index (χ0) is 17.5. The van der Waals surface area contributed by atoms with Crippen LogP contribution in [-0.2, 0) is 20.9 Å². The monoisotopic (exact) mass is 329 g/mol. The Morgan fingerprint density at radius 2 is 2.00 bits per heavy atom. The molecule has 6 heteroatoms. The molecule has 1 saturated heterocycles. The average molecular weight is 329 g/mol. The van der Waals surface area contributed by atoms with Crippen LogP contribution in [0.4, 0.5) is 0 Å². The number of aryl methyl sites for hydroxylation is 1. The van der Waals surface area contributed by atoms with Gasteiger partial charge in [0, 0.05) is 19.6 Å². The van der Waals surface area contributed by atoms with Crippen molar-refractivity contribution in [2.75, 3.05) is 13.1 Å². The Morgan fingerprint density at radius 3 is 2.58 bits per heavy atom. The summed E-state index contributed by atoms with van der Waals surface area (Å²) in [5, 5.41) is 0. The predicted octanol–water partition coefficient (Wildman–Crippen LogP) is 0.820. The lowest BCUT2D eigenvalue weighted by Crippen LogP contribution is -2.59. The molecular formula is C18H23N3O3. The second kappa shape index (κ2) is 5.92. The van der Waals surface area contributed by atoms with Gasteiger partial charge in [-0.15, -0.1) is 0 Å². The van der Waals surface area contributed by atoms with Gasteiger partial charge in [-0.2, -0.15) is 0 Å². The van der Waals surface area contributed by atoms with E-state index in [4.69, 9.17) is 5.73 Å². The van der Waals surface area contributed by atoms with Crippen LogP contribution in [0.3, 0.4) is 0 Å². The summed E-state index contributed by atoms with van der Waals surface area (Å²) in [5.74, 6) is -0.947. The molecule has 3 rings (SSSR count). The molecule has 6 nitrogen and oxygen atoms in total. The van der Waals surface area contributed by atoms with Crippen LogP contribution in [0.1, 0.15) is 30.9 Å². The van der Waals surface area contributed by atoms with E-state index in [1.807, 2.05) is 25.1 Å². The Morgan fingerprint density at radius 1 is 1.29 bits per heavy atom. The Labute approximate surface area is 141 Å². The summed E-state index contributed by atoms with van der Waals surface area (Å²) in [6.07, 6.45) is 0.983. The molecule has 1 aromatic rings. The lowest BCUT2D eigenvalue weighted by Gasteiger charge is -2.40. The predicted molar refractivity (Wildman–Crippen MR) is 88.6 cm³/mol. The van der Waals surface area contributed by atoms with Crippen molar-refractivity contribution in [3.8, 4) is 0 Å². The minimum atomic E-state index is -1.06. The van der Waals surface area contributed by atoms with Gasteiger partial charge in [0.2, 0.25) is 17.7 Å². The molecule has 2 fully saturated rings. The molecule has 0 unspecified atom stereocenters. The fraction of sp³-hybridized carbons (Fsp3) is 0.500. The highest BCUT2D eigenvalue weighted by Gasteiger charge is 2.58. The molecule has 1 aliphatic heterocycles. The number of rotatable bonds is 4. The molecule has 0 aromatic heterocycles. The van der Waals surface area contributed by atoms with Crippen molar-refractivity contribution >= 4 is 17.7 Å². The van der Waals surface area contributed by atoms with Crippen molar-refractivity contribution < 1.29 is 14.4 Å². The van der Waals surface area contributed by atoms with Crippen LogP contribution in [0.5, 0.6) is 0 Å². The standard InChI is InChI=1S/C18H23N3O3/c1-12-4-3-5-14(10-12)11-20-8-9-21(13(2)15(20)22)17(24)18(6-7-18)16(19)23/h3-5,10,13H,6-9,11H2,1-2H3,(H2,19,23)/t13-/m1/s1. The van der Waals surface area contributed by atoms with E-state index in [2.05, 4.69) is 6.07 Å². The first-order chi connectivity index (χ1) is 11.3. The van der Waals surface area contributed by atoms with Crippen molar-refractivity contribution in [1.82, 2.24) is 9.80 Å². The summed E-state index contributed by atoms with van der Waals surface area (Å²) in [6.45, 7) is 5.18. The van der Waals surface area contributed by atoms with Gasteiger partial charge in [0.25, 0.3) is 0 Å². The number of benzene rings is 1. The van der Waals surface area contributed by atoms with Gasteiger partial charge >= 0.3 is 0 Å². The number of nitrogens with zero attached hydrogens (tertiary/aromatic N) is 2. The number of piperazine rings is 1. The third-order valence-electron chi connectivity index (χ3n) is 5.10. The summed E-state index contributed by atoms with van der Waals surface area (Å²) >= 11 is 0. The minimum absolute atomic E-state index is 0.0867. The molecule has 1 saturated carbocycles. The van der Waals surface area contributed by atoms with Crippen molar-refractivity contribution in [2.45, 2.75) is 39.3 Å². The van der Waals surface area contributed by atoms with Gasteiger partial charge in [0.05, 0.1) is 0 Å². The van der Waals surface area contributed by atoms with Crippen LogP contribution in [0, 0.1) is 12.3 Å². The third kappa shape index (κ3) is 2.77. The molecule has 24 heavy (non-hydrogen) atoms. The quantitative estimate of drug-likeness (QED) is 0.830. The van der Waals surface area contributed by atoms with E-state index >= 15 is 0 Å². The SMILES string of the molecule is Cc1cccc(CN2CCN(C(=O)C3(C(N)=O)CC3)[C@H](C)C2=O)c1. The maximum atomic E-state index is 12.7. The maximum absolute atomic E-state index is 12.7. The molecule has 1 heterocycles. The smallest absolute Gasteiger partial charge is 0.245 e. The highest BCUT2D eigenvalue weighted by molar-refractivity contribution is 6.08. The van der Waals surface area contributed by atoms with E-state index in [1.165, 1.54) is 4.90 Å². The summed E-state index contributed by atoms with van der Waals surface area (Å²) in [5.41, 5.74) is 6.55. The lowest BCUT2D eigenvalue weighted by molar-refractivity contribution is -0.156. The average Bonchev–Trinajstić information content (AvgIpc) is 3.33. The van der Waals surface area contributed by atoms with Crippen LogP contribution in [0.25, 0.3) is 0 Å². The van der Waals surface area contributed by atoms with E-state index in [-0.39, 0.29) is 11.8 Å². The zero-order valence-corrected chi connectivity index (χ0v) is 14.1. The number of hydrogen-bond donors (Lipinski definition) is 1. The van der Waals surface area contributed by atoms with Gasteiger partial charge in [-0.25, -0.2) is 0 Å². The van der Waals surface area contributed by atoms with E-state index in [1.54, 1.807) is 11.8 Å². The number of nitrogens with two attached hydrogens (primary N) is 1. The van der Waals surface area contributed by atoms with Gasteiger partial charge < -0.3 is 15.5 Å². The molecular weight excluding hydrogens is 306 g/mol. The van der Waals surface area contributed by atoms with Gasteiger partial charge in [-0.1, -0.05) is 29.8 Å². The first-order valence-electron chi connectivity index (χ1n) is 8.30. The molecule has 2 aliphatic rings. The normalized spacial score (nSPS) is 22.4. The topological polar surface area (TPSA) is 83.7 Å². The van der Waals surface area contributed by atoms with Crippen LogP contribution in [0.2, 0.25) is 0 Å². The zero-order valence-electron chi connectivity index (χ0n) is 14.1. The summed E-state index contributed by atoms with van der Waals surface area (Å²) in [4.78, 5) is 40.2. The van der Waals surface area contributed by atoms with Crippen molar-refractivity contribution in [2.24, 2.45) is 11.1 Å². The molecule has 2 N–H and O–H groups in total. The molecule has 1 aliphatic carbocycles. The summed E-state index contributed by atoms with van der Waals surface area (Å²) < 4.78 is 0. The first-order valence-corrected chi connectivity index (χ1v) is 8.30. The summed E-state index contributed by atoms with van der Waals surface area (Å²) in [6, 6.07) is 7.48. The molecule has 0 spiro atoms. The van der Waals surface area contributed by atoms with E-state index in [0.29, 0.717) is 32.5 Å². The van der Waals surface area contributed by atoms with Crippen LogP contribution in [-0.4, -0.2) is 46.7 Å². The number of carbonyl (C=O) groups excluding carboxylic acids is 3. The van der Waals surface area contributed by atoms with Gasteiger partial charge in [-0.05, 0) is 32.3 Å². The number of primary amides is 1. The van der Waals surface area contributed by atoms with Crippen LogP contribution >= 0.6 is 0 Å². The van der Waals surface area contributed by atoms with Crippen molar-refractivity contribution in [3.63, 3.8) is 0 Å². The number of hydrogen-bond acceptors (Lipinski definition) is 3. The van der Waals surface area contributed by atoms with Crippen LogP contribution in [0.15, 0.2) is 24.3 Å². The highest BCUT2D eigenvalue weighted by atomic mass is 16.2. The van der Waals surface area contributed by atoms with Gasteiger partial charge in [-0.3, -0.25) is 14.4 Å². The lowest BCUT2D eigenvalue weighted by atomic mass is 10.0. The first kappa shape index (κ1) is 16.5. The third-order valence-corrected chi connectivity index (χ3v) is 5.10. The second-order valence-electron chi connectivity index (χ2n) is 6.87. The van der Waals surface area contributed by atoms with Gasteiger partial charge in [0.1, 0.15) is 11.5 Å². The molecule has 1 aromatic carbocycles. The summed E-state index contributed by atoms with van der Waals surface area (Å²) in [7, 11) is 0. The Kier molecular flexibility index (Phi) is 4.07. The molecule has 3 amide bonds. The maximum Gasteiger partial charge on any atom is 0.245 e. The number of amides is 3. The van der Waals surface area contributed by atoms with Crippen molar-refractivity contribution in [3.05, 3.63) is 35.4 Å². The molecule has 0 bridgehead atoms. The Hall–Kier alpha value is -2.37. The Balaban J connectivity index is 1.70. The molecule has 128 valence electrons. The fourth-order valence-electron chi connectivity index (χ4n) is 3.36. The van der Waals surface area contributed by atoms with E-state index < -0.39 is 17.4 Å². The minimum Gasteiger partial charge on any atom is -0.369 e. The molecule has 1 atom stereocenters. The van der Waals surface area contributed by atoms with Crippen LogP contribution < -0.4 is 5.73 Å². The fourth-order valence-corrected chi connectivity index (χ4v) is 3.36. The van der Waals surface area contributed by atoms with E-state index in [0.717, 1.165) is 11.1 Å². The largest absolute Gasteiger partial charge is 0.369 e. The highest BCUT2D eigenvalue weighted by Crippen LogP contribution is 2.47. The second-order valence-corrected chi connectivity index (χ2v) is 6.87.